The van der Waals surface area contributed by atoms with Crippen molar-refractivity contribution < 1.29 is 5.11 Å². The zero-order valence-electron chi connectivity index (χ0n) is 11.6. The highest BCUT2D eigenvalue weighted by atomic mass is 16.3. The summed E-state index contributed by atoms with van der Waals surface area (Å²) >= 11 is 0. The van der Waals surface area contributed by atoms with Crippen molar-refractivity contribution in [3.8, 4) is 0 Å². The van der Waals surface area contributed by atoms with E-state index in [4.69, 9.17) is 0 Å². The van der Waals surface area contributed by atoms with E-state index in [-0.39, 0.29) is 0 Å². The molecule has 3 N–H and O–H groups in total. The van der Waals surface area contributed by atoms with Crippen LogP contribution in [-0.4, -0.2) is 41.9 Å². The van der Waals surface area contributed by atoms with Crippen LogP contribution < -0.4 is 10.6 Å². The molecule has 19 heavy (non-hydrogen) atoms. The summed E-state index contributed by atoms with van der Waals surface area (Å²) in [4.78, 5) is 4.31. The van der Waals surface area contributed by atoms with E-state index in [1.807, 2.05) is 18.3 Å². The fraction of sp³-hybridized carbons (Fsp3) is 0.667. The average molecular weight is 263 g/mol. The van der Waals surface area contributed by atoms with Gasteiger partial charge in [-0.05, 0) is 57.3 Å². The summed E-state index contributed by atoms with van der Waals surface area (Å²) in [6.07, 6.45) is 7.12. The first-order chi connectivity index (χ1) is 9.29. The molecule has 0 saturated carbocycles. The molecule has 4 heteroatoms. The van der Waals surface area contributed by atoms with E-state index in [0.717, 1.165) is 50.9 Å². The third kappa shape index (κ3) is 5.27. The SMILES string of the molecule is O[C@@]1(CNCCCCc2ccccn2)CCCNC1. The molecule has 2 rings (SSSR count). The van der Waals surface area contributed by atoms with Crippen molar-refractivity contribution in [2.24, 2.45) is 0 Å². The van der Waals surface area contributed by atoms with Crippen LogP contribution >= 0.6 is 0 Å². The molecule has 1 fully saturated rings. The Morgan fingerprint density at radius 1 is 1.37 bits per heavy atom. The van der Waals surface area contributed by atoms with Gasteiger partial charge in [-0.15, -0.1) is 0 Å². The number of piperidine rings is 1. The predicted molar refractivity (Wildman–Crippen MR) is 77.1 cm³/mol. The molecule has 1 saturated heterocycles. The third-order valence-electron chi connectivity index (χ3n) is 3.67. The summed E-state index contributed by atoms with van der Waals surface area (Å²) in [6.45, 7) is 3.42. The number of aryl methyl sites for hydroxylation is 1. The fourth-order valence-electron chi connectivity index (χ4n) is 2.53. The summed E-state index contributed by atoms with van der Waals surface area (Å²) in [6, 6.07) is 6.06. The molecule has 1 aromatic heterocycles. The van der Waals surface area contributed by atoms with Gasteiger partial charge in [-0.1, -0.05) is 6.07 Å². The van der Waals surface area contributed by atoms with Gasteiger partial charge in [-0.25, -0.2) is 0 Å². The lowest BCUT2D eigenvalue weighted by Gasteiger charge is -2.32. The molecule has 106 valence electrons. The van der Waals surface area contributed by atoms with Crippen molar-refractivity contribution in [3.05, 3.63) is 30.1 Å². The Kier molecular flexibility index (Phi) is 5.76. The van der Waals surface area contributed by atoms with Gasteiger partial charge < -0.3 is 15.7 Å². The van der Waals surface area contributed by atoms with E-state index in [1.54, 1.807) is 0 Å². The third-order valence-corrected chi connectivity index (χ3v) is 3.67. The minimum absolute atomic E-state index is 0.542. The normalized spacial score (nSPS) is 23.4. The second-order valence-electron chi connectivity index (χ2n) is 5.46. The zero-order valence-corrected chi connectivity index (χ0v) is 11.6. The lowest BCUT2D eigenvalue weighted by Crippen LogP contribution is -2.52. The van der Waals surface area contributed by atoms with Crippen molar-refractivity contribution in [2.75, 3.05) is 26.2 Å². The van der Waals surface area contributed by atoms with E-state index in [2.05, 4.69) is 21.7 Å². The summed E-state index contributed by atoms with van der Waals surface area (Å²) in [7, 11) is 0. The number of β-amino-alcohol motifs (C(OH)–C–C–N with tert-alkyl or cyclic N) is 1. The molecule has 0 unspecified atom stereocenters. The van der Waals surface area contributed by atoms with Crippen LogP contribution in [-0.2, 0) is 6.42 Å². The Morgan fingerprint density at radius 3 is 3.05 bits per heavy atom. The Morgan fingerprint density at radius 2 is 2.32 bits per heavy atom. The number of nitrogens with zero attached hydrogens (tertiary/aromatic N) is 1. The van der Waals surface area contributed by atoms with Crippen molar-refractivity contribution >= 4 is 0 Å². The van der Waals surface area contributed by atoms with Gasteiger partial charge in [0.15, 0.2) is 0 Å². The molecule has 1 atom stereocenters. The number of pyridine rings is 1. The number of unbranched alkanes of at least 4 members (excludes halogenated alkanes) is 1. The van der Waals surface area contributed by atoms with Crippen molar-refractivity contribution in [1.82, 2.24) is 15.6 Å². The topological polar surface area (TPSA) is 57.2 Å². The Hall–Kier alpha value is -0.970. The quantitative estimate of drug-likeness (QED) is 0.645. The molecule has 2 heterocycles. The molecular formula is C15H25N3O. The van der Waals surface area contributed by atoms with E-state index in [9.17, 15) is 5.11 Å². The van der Waals surface area contributed by atoms with Crippen molar-refractivity contribution in [2.45, 2.75) is 37.7 Å². The van der Waals surface area contributed by atoms with E-state index in [0.29, 0.717) is 13.1 Å². The van der Waals surface area contributed by atoms with Gasteiger partial charge >= 0.3 is 0 Å². The van der Waals surface area contributed by atoms with E-state index >= 15 is 0 Å². The first kappa shape index (κ1) is 14.4. The van der Waals surface area contributed by atoms with Gasteiger partial charge in [-0.2, -0.15) is 0 Å². The number of hydrogen-bond donors (Lipinski definition) is 3. The highest BCUT2D eigenvalue weighted by Crippen LogP contribution is 2.14. The second-order valence-corrected chi connectivity index (χ2v) is 5.46. The summed E-state index contributed by atoms with van der Waals surface area (Å²) in [5.74, 6) is 0. The molecule has 1 aliphatic rings. The highest BCUT2D eigenvalue weighted by molar-refractivity contribution is 5.03. The maximum Gasteiger partial charge on any atom is 0.0895 e. The standard InChI is InChI=1S/C15H25N3O/c19-15(8-5-10-17-13-15)12-16-9-3-1-6-14-7-2-4-11-18-14/h2,4,7,11,16-17,19H,1,3,5-6,8-10,12-13H2/t15-/m1/s1. The zero-order chi connectivity index (χ0) is 13.4. The van der Waals surface area contributed by atoms with Crippen LogP contribution in [0.25, 0.3) is 0 Å². The van der Waals surface area contributed by atoms with Gasteiger partial charge in [0.1, 0.15) is 0 Å². The Bertz CT molecular complexity index is 350. The molecule has 1 aromatic rings. The summed E-state index contributed by atoms with van der Waals surface area (Å²) in [5, 5.41) is 16.9. The monoisotopic (exact) mass is 263 g/mol. The molecule has 0 aromatic carbocycles. The van der Waals surface area contributed by atoms with E-state index in [1.165, 1.54) is 0 Å². The number of hydrogen-bond acceptors (Lipinski definition) is 4. The number of aromatic nitrogens is 1. The van der Waals surface area contributed by atoms with Crippen LogP contribution in [0.1, 0.15) is 31.4 Å². The first-order valence-electron chi connectivity index (χ1n) is 7.32. The van der Waals surface area contributed by atoms with Gasteiger partial charge in [-0.3, -0.25) is 4.98 Å². The van der Waals surface area contributed by atoms with Gasteiger partial charge in [0.2, 0.25) is 0 Å². The maximum atomic E-state index is 10.3. The number of nitrogens with one attached hydrogen (secondary N) is 2. The largest absolute Gasteiger partial charge is 0.387 e. The van der Waals surface area contributed by atoms with Crippen LogP contribution in [0.2, 0.25) is 0 Å². The van der Waals surface area contributed by atoms with Crippen LogP contribution in [0.5, 0.6) is 0 Å². The minimum Gasteiger partial charge on any atom is -0.387 e. The molecular weight excluding hydrogens is 238 g/mol. The van der Waals surface area contributed by atoms with Crippen molar-refractivity contribution in [3.63, 3.8) is 0 Å². The van der Waals surface area contributed by atoms with Gasteiger partial charge in [0.05, 0.1) is 5.60 Å². The average Bonchev–Trinajstić information content (AvgIpc) is 2.44. The lowest BCUT2D eigenvalue weighted by atomic mass is 9.94. The Labute approximate surface area is 115 Å². The Balaban J connectivity index is 1.52. The molecule has 0 radical (unpaired) electrons. The summed E-state index contributed by atoms with van der Waals surface area (Å²) < 4.78 is 0. The minimum atomic E-state index is -0.542. The van der Waals surface area contributed by atoms with Crippen LogP contribution in [0, 0.1) is 0 Å². The molecule has 0 amide bonds. The first-order valence-corrected chi connectivity index (χ1v) is 7.32. The van der Waals surface area contributed by atoms with Crippen molar-refractivity contribution in [1.29, 1.82) is 0 Å². The van der Waals surface area contributed by atoms with Crippen LogP contribution in [0.3, 0.4) is 0 Å². The van der Waals surface area contributed by atoms with Gasteiger partial charge in [0, 0.05) is 25.0 Å². The van der Waals surface area contributed by atoms with E-state index < -0.39 is 5.60 Å². The fourth-order valence-corrected chi connectivity index (χ4v) is 2.53. The predicted octanol–water partition coefficient (Wildman–Crippen LogP) is 1.11. The molecule has 0 bridgehead atoms. The number of aliphatic hydroxyl groups is 1. The molecule has 1 aliphatic heterocycles. The lowest BCUT2D eigenvalue weighted by molar-refractivity contribution is 0.0173. The molecule has 0 aliphatic carbocycles. The summed E-state index contributed by atoms with van der Waals surface area (Å²) in [5.41, 5.74) is 0.622. The maximum absolute atomic E-state index is 10.3. The molecule has 0 spiro atoms. The van der Waals surface area contributed by atoms with Crippen LogP contribution in [0.15, 0.2) is 24.4 Å². The second kappa shape index (κ2) is 7.58. The smallest absolute Gasteiger partial charge is 0.0895 e. The number of rotatable bonds is 7. The van der Waals surface area contributed by atoms with Gasteiger partial charge in [0.25, 0.3) is 0 Å². The van der Waals surface area contributed by atoms with Crippen LogP contribution in [0.4, 0.5) is 0 Å². The highest BCUT2D eigenvalue weighted by Gasteiger charge is 2.28. The molecule has 4 nitrogen and oxygen atoms in total.